The SMILES string of the molecule is CCCN(CC)CC1(CNCC)CCCCC1. The van der Waals surface area contributed by atoms with Gasteiger partial charge in [0.1, 0.15) is 0 Å². The van der Waals surface area contributed by atoms with Gasteiger partial charge in [0.25, 0.3) is 0 Å². The Morgan fingerprint density at radius 3 is 2.29 bits per heavy atom. The molecule has 1 aliphatic carbocycles. The smallest absolute Gasteiger partial charge is 0.00500 e. The first-order valence-corrected chi connectivity index (χ1v) is 7.69. The normalized spacial score (nSPS) is 19.8. The average molecular weight is 240 g/mol. The van der Waals surface area contributed by atoms with Crippen molar-refractivity contribution in [1.82, 2.24) is 10.2 Å². The molecule has 0 aromatic carbocycles. The van der Waals surface area contributed by atoms with Gasteiger partial charge in [-0.1, -0.05) is 40.0 Å². The van der Waals surface area contributed by atoms with Crippen molar-refractivity contribution in [1.29, 1.82) is 0 Å². The van der Waals surface area contributed by atoms with Crippen molar-refractivity contribution in [2.75, 3.05) is 32.7 Å². The van der Waals surface area contributed by atoms with Crippen LogP contribution in [-0.4, -0.2) is 37.6 Å². The quantitative estimate of drug-likeness (QED) is 0.700. The van der Waals surface area contributed by atoms with Crippen LogP contribution < -0.4 is 5.32 Å². The van der Waals surface area contributed by atoms with Gasteiger partial charge in [-0.25, -0.2) is 0 Å². The van der Waals surface area contributed by atoms with Crippen LogP contribution >= 0.6 is 0 Å². The first-order chi connectivity index (χ1) is 8.26. The molecular formula is C15H32N2. The fourth-order valence-corrected chi connectivity index (χ4v) is 3.22. The van der Waals surface area contributed by atoms with Crippen molar-refractivity contribution in [3.05, 3.63) is 0 Å². The zero-order valence-corrected chi connectivity index (χ0v) is 12.2. The molecule has 0 radical (unpaired) electrons. The zero-order valence-electron chi connectivity index (χ0n) is 12.2. The molecule has 17 heavy (non-hydrogen) atoms. The summed E-state index contributed by atoms with van der Waals surface area (Å²) in [6.07, 6.45) is 8.48. The van der Waals surface area contributed by atoms with Crippen molar-refractivity contribution >= 4 is 0 Å². The van der Waals surface area contributed by atoms with Crippen molar-refractivity contribution in [2.24, 2.45) is 5.41 Å². The second kappa shape index (κ2) is 8.10. The third-order valence-electron chi connectivity index (χ3n) is 4.21. The molecule has 1 fully saturated rings. The van der Waals surface area contributed by atoms with Gasteiger partial charge in [-0.15, -0.1) is 0 Å². The third-order valence-corrected chi connectivity index (χ3v) is 4.21. The number of hydrogen-bond donors (Lipinski definition) is 1. The summed E-state index contributed by atoms with van der Waals surface area (Å²) in [4.78, 5) is 2.66. The molecule has 0 aromatic rings. The van der Waals surface area contributed by atoms with Gasteiger partial charge >= 0.3 is 0 Å². The van der Waals surface area contributed by atoms with Crippen LogP contribution in [0.4, 0.5) is 0 Å². The van der Waals surface area contributed by atoms with Crippen LogP contribution in [0.2, 0.25) is 0 Å². The van der Waals surface area contributed by atoms with Gasteiger partial charge in [0.05, 0.1) is 0 Å². The summed E-state index contributed by atoms with van der Waals surface area (Å²) in [5.41, 5.74) is 0.569. The standard InChI is InChI=1S/C15H32N2/c1-4-12-17(6-3)14-15(13-16-5-2)10-8-7-9-11-15/h16H,4-14H2,1-3H3. The molecule has 1 rings (SSSR count). The van der Waals surface area contributed by atoms with Gasteiger partial charge in [0, 0.05) is 13.1 Å². The van der Waals surface area contributed by atoms with E-state index in [1.807, 2.05) is 0 Å². The lowest BCUT2D eigenvalue weighted by Gasteiger charge is -2.41. The van der Waals surface area contributed by atoms with E-state index >= 15 is 0 Å². The minimum atomic E-state index is 0.569. The molecule has 102 valence electrons. The highest BCUT2D eigenvalue weighted by atomic mass is 15.1. The van der Waals surface area contributed by atoms with E-state index in [0.29, 0.717) is 5.41 Å². The van der Waals surface area contributed by atoms with E-state index < -0.39 is 0 Å². The van der Waals surface area contributed by atoms with E-state index in [1.54, 1.807) is 0 Å². The predicted octanol–water partition coefficient (Wildman–Crippen LogP) is 3.28. The Morgan fingerprint density at radius 1 is 1.06 bits per heavy atom. The van der Waals surface area contributed by atoms with Crippen LogP contribution in [0.25, 0.3) is 0 Å². The average Bonchev–Trinajstić information content (AvgIpc) is 2.37. The first kappa shape index (κ1) is 15.0. The third kappa shape index (κ3) is 4.97. The second-order valence-electron chi connectivity index (χ2n) is 5.71. The van der Waals surface area contributed by atoms with E-state index in [1.165, 1.54) is 64.7 Å². The van der Waals surface area contributed by atoms with Crippen LogP contribution in [0.5, 0.6) is 0 Å². The molecule has 2 nitrogen and oxygen atoms in total. The molecule has 1 saturated carbocycles. The molecular weight excluding hydrogens is 208 g/mol. The lowest BCUT2D eigenvalue weighted by atomic mass is 9.73. The van der Waals surface area contributed by atoms with E-state index in [4.69, 9.17) is 0 Å². The Kier molecular flexibility index (Phi) is 7.14. The minimum Gasteiger partial charge on any atom is -0.316 e. The van der Waals surface area contributed by atoms with Crippen molar-refractivity contribution in [3.63, 3.8) is 0 Å². The number of rotatable bonds is 8. The second-order valence-corrected chi connectivity index (χ2v) is 5.71. The summed E-state index contributed by atoms with van der Waals surface area (Å²) >= 11 is 0. The zero-order chi connectivity index (χ0) is 12.6. The molecule has 0 spiro atoms. The molecule has 2 heteroatoms. The van der Waals surface area contributed by atoms with E-state index in [0.717, 1.165) is 6.54 Å². The van der Waals surface area contributed by atoms with Gasteiger partial charge in [0.15, 0.2) is 0 Å². The Bertz CT molecular complexity index is 185. The molecule has 0 heterocycles. The maximum Gasteiger partial charge on any atom is 0.00500 e. The minimum absolute atomic E-state index is 0.569. The Balaban J connectivity index is 2.54. The Labute approximate surface area is 108 Å². The predicted molar refractivity (Wildman–Crippen MR) is 76.5 cm³/mol. The van der Waals surface area contributed by atoms with Crippen LogP contribution in [0, 0.1) is 5.41 Å². The van der Waals surface area contributed by atoms with E-state index in [9.17, 15) is 0 Å². The van der Waals surface area contributed by atoms with Gasteiger partial charge in [-0.3, -0.25) is 0 Å². The molecule has 0 saturated heterocycles. The molecule has 0 atom stereocenters. The molecule has 0 aromatic heterocycles. The summed E-state index contributed by atoms with van der Waals surface area (Å²) in [6.45, 7) is 12.9. The molecule has 1 N–H and O–H groups in total. The highest BCUT2D eigenvalue weighted by molar-refractivity contribution is 4.87. The number of nitrogens with one attached hydrogen (secondary N) is 1. The molecule has 0 aliphatic heterocycles. The molecule has 1 aliphatic rings. The summed E-state index contributed by atoms with van der Waals surface area (Å²) in [7, 11) is 0. The number of nitrogens with zero attached hydrogens (tertiary/aromatic N) is 1. The molecule has 0 amide bonds. The van der Waals surface area contributed by atoms with Gasteiger partial charge in [0.2, 0.25) is 0 Å². The van der Waals surface area contributed by atoms with Crippen LogP contribution in [-0.2, 0) is 0 Å². The highest BCUT2D eigenvalue weighted by Crippen LogP contribution is 2.36. The Hall–Kier alpha value is -0.0800. The van der Waals surface area contributed by atoms with E-state index in [2.05, 4.69) is 31.0 Å². The number of hydrogen-bond acceptors (Lipinski definition) is 2. The maximum atomic E-state index is 3.60. The van der Waals surface area contributed by atoms with E-state index in [-0.39, 0.29) is 0 Å². The first-order valence-electron chi connectivity index (χ1n) is 7.69. The summed E-state index contributed by atoms with van der Waals surface area (Å²) in [5, 5.41) is 3.60. The molecule has 0 bridgehead atoms. The fourth-order valence-electron chi connectivity index (χ4n) is 3.22. The summed E-state index contributed by atoms with van der Waals surface area (Å²) < 4.78 is 0. The van der Waals surface area contributed by atoms with Crippen LogP contribution in [0.3, 0.4) is 0 Å². The van der Waals surface area contributed by atoms with Crippen molar-refractivity contribution in [2.45, 2.75) is 59.3 Å². The van der Waals surface area contributed by atoms with Crippen LogP contribution in [0.1, 0.15) is 59.3 Å². The monoisotopic (exact) mass is 240 g/mol. The maximum absolute atomic E-state index is 3.60. The lowest BCUT2D eigenvalue weighted by molar-refractivity contribution is 0.106. The van der Waals surface area contributed by atoms with Crippen molar-refractivity contribution in [3.8, 4) is 0 Å². The van der Waals surface area contributed by atoms with Gasteiger partial charge in [-0.2, -0.15) is 0 Å². The highest BCUT2D eigenvalue weighted by Gasteiger charge is 2.32. The van der Waals surface area contributed by atoms with Crippen molar-refractivity contribution < 1.29 is 0 Å². The summed E-state index contributed by atoms with van der Waals surface area (Å²) in [6, 6.07) is 0. The lowest BCUT2D eigenvalue weighted by Crippen LogP contribution is -2.45. The molecule has 0 unspecified atom stereocenters. The summed E-state index contributed by atoms with van der Waals surface area (Å²) in [5.74, 6) is 0. The van der Waals surface area contributed by atoms with Gasteiger partial charge in [-0.05, 0) is 44.3 Å². The topological polar surface area (TPSA) is 15.3 Å². The largest absolute Gasteiger partial charge is 0.316 e. The van der Waals surface area contributed by atoms with Gasteiger partial charge < -0.3 is 10.2 Å². The fraction of sp³-hybridized carbons (Fsp3) is 1.00. The van der Waals surface area contributed by atoms with Crippen LogP contribution in [0.15, 0.2) is 0 Å². The Morgan fingerprint density at radius 2 is 1.76 bits per heavy atom.